The molecule has 0 fully saturated rings. The van der Waals surface area contributed by atoms with Gasteiger partial charge >= 0.3 is 0 Å². The van der Waals surface area contributed by atoms with E-state index < -0.39 is 5.89 Å². The predicted octanol–water partition coefficient (Wildman–Crippen LogP) is 11.2. The molecule has 0 amide bonds. The zero-order valence-electron chi connectivity index (χ0n) is 26.2. The number of hydrogen-bond donors (Lipinski definition) is 0. The molecule has 0 saturated heterocycles. The predicted molar refractivity (Wildman–Crippen MR) is 183 cm³/mol. The van der Waals surface area contributed by atoms with Gasteiger partial charge in [-0.3, -0.25) is 0 Å². The van der Waals surface area contributed by atoms with Crippen LogP contribution in [0.25, 0.3) is 77.2 Å². The minimum absolute atomic E-state index is 0. The average molecular weight is 774 g/mol. The molecular formula is C41H28IrN2O2-2. The number of para-hydroxylation sites is 1. The number of furan rings is 2. The molecule has 0 N–H and O–H groups in total. The first-order valence-corrected chi connectivity index (χ1v) is 14.9. The van der Waals surface area contributed by atoms with E-state index in [2.05, 4.69) is 52.4 Å². The van der Waals surface area contributed by atoms with Gasteiger partial charge in [0.2, 0.25) is 0 Å². The van der Waals surface area contributed by atoms with Crippen LogP contribution < -0.4 is 0 Å². The third-order valence-corrected chi connectivity index (χ3v) is 8.18. The fraction of sp³-hybridized carbons (Fsp3) is 0.0732. The Hall–Kier alpha value is -5.09. The molecule has 0 aliphatic heterocycles. The van der Waals surface area contributed by atoms with Crippen LogP contribution >= 0.6 is 0 Å². The van der Waals surface area contributed by atoms with Crippen LogP contribution in [-0.4, -0.2) is 9.97 Å². The van der Waals surface area contributed by atoms with E-state index in [-0.39, 0.29) is 20.1 Å². The Morgan fingerprint density at radius 3 is 1.98 bits per heavy atom. The number of fused-ring (bicyclic) bond motifs is 9. The normalized spacial score (nSPS) is 11.8. The third kappa shape index (κ3) is 5.18. The molecule has 1 radical (unpaired) electrons. The van der Waals surface area contributed by atoms with Crippen LogP contribution in [0.2, 0.25) is 0 Å². The number of pyridine rings is 2. The van der Waals surface area contributed by atoms with Gasteiger partial charge in [-0.2, -0.15) is 0 Å². The molecule has 5 heteroatoms. The second-order valence-electron chi connectivity index (χ2n) is 11.2. The number of hydrogen-bond acceptors (Lipinski definition) is 4. The molecule has 4 aromatic heterocycles. The van der Waals surface area contributed by atoms with Crippen molar-refractivity contribution in [3.8, 4) is 22.5 Å². The van der Waals surface area contributed by atoms with Gasteiger partial charge in [0.05, 0.1) is 5.58 Å². The Labute approximate surface area is 281 Å². The molecule has 225 valence electrons. The van der Waals surface area contributed by atoms with E-state index in [4.69, 9.17) is 10.2 Å². The van der Waals surface area contributed by atoms with Crippen LogP contribution in [0, 0.1) is 12.1 Å². The van der Waals surface area contributed by atoms with Crippen molar-refractivity contribution < 1.29 is 30.3 Å². The summed E-state index contributed by atoms with van der Waals surface area (Å²) in [5, 5.41) is 6.33. The number of nitrogens with zero attached hydrogens (tertiary/aromatic N) is 2. The van der Waals surface area contributed by atoms with E-state index in [1.165, 1.54) is 0 Å². The molecule has 5 aromatic carbocycles. The van der Waals surface area contributed by atoms with E-state index >= 15 is 0 Å². The largest absolute Gasteiger partial charge is 0.500 e. The van der Waals surface area contributed by atoms with Gasteiger partial charge < -0.3 is 18.8 Å². The van der Waals surface area contributed by atoms with Crippen LogP contribution in [0.1, 0.15) is 26.7 Å². The van der Waals surface area contributed by atoms with Gasteiger partial charge in [-0.25, -0.2) is 0 Å². The van der Waals surface area contributed by atoms with Gasteiger partial charge in [0.1, 0.15) is 16.7 Å². The molecule has 9 aromatic rings. The maximum atomic E-state index is 8.41. The Morgan fingerprint density at radius 1 is 0.587 bits per heavy atom. The Bertz CT molecular complexity index is 2480. The topological polar surface area (TPSA) is 52.1 Å². The third-order valence-electron chi connectivity index (χ3n) is 8.18. The van der Waals surface area contributed by atoms with E-state index in [1.54, 1.807) is 12.4 Å². The van der Waals surface area contributed by atoms with Gasteiger partial charge in [-0.1, -0.05) is 72.8 Å². The summed E-state index contributed by atoms with van der Waals surface area (Å²) >= 11 is 0. The van der Waals surface area contributed by atoms with Crippen LogP contribution in [-0.2, 0) is 20.1 Å². The van der Waals surface area contributed by atoms with Crippen molar-refractivity contribution >= 4 is 54.6 Å². The number of aromatic nitrogens is 2. The van der Waals surface area contributed by atoms with Crippen LogP contribution in [0.3, 0.4) is 0 Å². The van der Waals surface area contributed by atoms with Crippen LogP contribution in [0.15, 0.2) is 136 Å². The number of benzene rings is 5. The second kappa shape index (κ2) is 12.4. The first kappa shape index (κ1) is 28.4. The molecule has 0 atom stereocenters. The van der Waals surface area contributed by atoms with E-state index in [1.807, 2.05) is 98.8 Å². The zero-order valence-corrected chi connectivity index (χ0v) is 27.6. The molecule has 46 heavy (non-hydrogen) atoms. The fourth-order valence-corrected chi connectivity index (χ4v) is 5.93. The van der Waals surface area contributed by atoms with Gasteiger partial charge in [0.15, 0.2) is 0 Å². The monoisotopic (exact) mass is 774 g/mol. The molecule has 0 saturated carbocycles. The molecule has 9 rings (SSSR count). The molecule has 0 aliphatic carbocycles. The summed E-state index contributed by atoms with van der Waals surface area (Å²) in [6.45, 7) is 3.76. The Kier molecular flexibility index (Phi) is 7.63. The molecule has 4 heterocycles. The van der Waals surface area contributed by atoms with Crippen LogP contribution in [0.4, 0.5) is 0 Å². The Morgan fingerprint density at radius 2 is 1.26 bits per heavy atom. The summed E-state index contributed by atoms with van der Waals surface area (Å²) in [5.41, 5.74) is 7.81. The summed E-state index contributed by atoms with van der Waals surface area (Å²) in [6.07, 6.45) is 3.54. The van der Waals surface area contributed by atoms with E-state index in [0.29, 0.717) is 0 Å². The molecular weight excluding hydrogens is 745 g/mol. The fourth-order valence-electron chi connectivity index (χ4n) is 5.93. The summed E-state index contributed by atoms with van der Waals surface area (Å²) in [6, 6.07) is 44.5. The minimum atomic E-state index is -0.715. The average Bonchev–Trinajstić information content (AvgIpc) is 3.68. The van der Waals surface area contributed by atoms with Gasteiger partial charge in [-0.15, -0.1) is 54.1 Å². The summed E-state index contributed by atoms with van der Waals surface area (Å²) in [5.74, 6) is -0.715. The number of rotatable bonds is 3. The molecule has 0 spiro atoms. The van der Waals surface area contributed by atoms with Gasteiger partial charge in [0.25, 0.3) is 0 Å². The summed E-state index contributed by atoms with van der Waals surface area (Å²) < 4.78 is 21.2. The maximum absolute atomic E-state index is 8.41. The van der Waals surface area contributed by atoms with Crippen LogP contribution in [0.5, 0.6) is 0 Å². The van der Waals surface area contributed by atoms with Crippen molar-refractivity contribution in [1.29, 1.82) is 0 Å². The van der Waals surface area contributed by atoms with Crippen molar-refractivity contribution in [2.24, 2.45) is 0 Å². The first-order valence-electron chi connectivity index (χ1n) is 15.4. The molecule has 0 bridgehead atoms. The molecule has 0 aliphatic rings. The first-order chi connectivity index (χ1) is 22.5. The Balaban J connectivity index is 0.000000228. The van der Waals surface area contributed by atoms with Gasteiger partial charge in [0, 0.05) is 60.8 Å². The summed E-state index contributed by atoms with van der Waals surface area (Å²) in [4.78, 5) is 8.80. The molecule has 4 nitrogen and oxygen atoms in total. The summed E-state index contributed by atoms with van der Waals surface area (Å²) in [7, 11) is 0. The standard InChI is InChI=1S/C30H20NO2.C11H8N.Ir/c1-17(2)18-14-15-31-26(16-18)25-8-5-7-20-22-12-13-23-24(29(22)33-30(20)25)11-10-21-19-6-3-4-9-27(19)32-28(21)23;1-2-6-10(7-3-1)11-8-4-5-9-12-11;/h3-7,9-17H,1-2H3;1-6,8-9H;/q2*-1;/i17D;;. The maximum Gasteiger partial charge on any atom is 0.143 e. The quantitative estimate of drug-likeness (QED) is 0.168. The second-order valence-corrected chi connectivity index (χ2v) is 11.2. The SMILES string of the molecule is [2H]C(C)(C)c1ccnc(-c2[c-]ccc3c2oc2c3ccc3c2ccc2c4ccccc4oc23)c1.[Ir].[c-]1ccccc1-c1ccccn1. The van der Waals surface area contributed by atoms with E-state index in [0.717, 1.165) is 82.7 Å². The minimum Gasteiger partial charge on any atom is -0.500 e. The van der Waals surface area contributed by atoms with Crippen molar-refractivity contribution in [2.75, 3.05) is 0 Å². The van der Waals surface area contributed by atoms with Crippen molar-refractivity contribution in [3.05, 3.63) is 145 Å². The van der Waals surface area contributed by atoms with Crippen molar-refractivity contribution in [3.63, 3.8) is 0 Å². The van der Waals surface area contributed by atoms with Crippen molar-refractivity contribution in [1.82, 2.24) is 9.97 Å². The smallest absolute Gasteiger partial charge is 0.143 e. The van der Waals surface area contributed by atoms with E-state index in [9.17, 15) is 0 Å². The zero-order chi connectivity index (χ0) is 31.3. The molecule has 0 unspecified atom stereocenters. The van der Waals surface area contributed by atoms with Crippen molar-refractivity contribution in [2.45, 2.75) is 19.7 Å². The van der Waals surface area contributed by atoms with Gasteiger partial charge in [-0.05, 0) is 53.7 Å².